The standard InChI is InChI=1S/C11H9Cl3O3/c1-17-9(16)5-4-8(15)6-2-3-7(12)11(14)10(6)13/h2-3H,4-5H2,1H3. The van der Waals surface area contributed by atoms with Crippen molar-refractivity contribution in [1.82, 2.24) is 0 Å². The van der Waals surface area contributed by atoms with Crippen molar-refractivity contribution in [3.8, 4) is 0 Å². The van der Waals surface area contributed by atoms with Gasteiger partial charge in [0.25, 0.3) is 0 Å². The van der Waals surface area contributed by atoms with E-state index in [1.54, 1.807) is 0 Å². The number of ether oxygens (including phenoxy) is 1. The highest BCUT2D eigenvalue weighted by Gasteiger charge is 2.16. The van der Waals surface area contributed by atoms with Crippen LogP contribution in [0.15, 0.2) is 12.1 Å². The average molecular weight is 296 g/mol. The molecule has 0 saturated heterocycles. The lowest BCUT2D eigenvalue weighted by Gasteiger charge is -2.06. The number of esters is 1. The van der Waals surface area contributed by atoms with E-state index in [-0.39, 0.29) is 39.3 Å². The van der Waals surface area contributed by atoms with Crippen molar-refractivity contribution < 1.29 is 14.3 Å². The van der Waals surface area contributed by atoms with Crippen LogP contribution in [0.5, 0.6) is 0 Å². The van der Waals surface area contributed by atoms with Crippen molar-refractivity contribution in [2.24, 2.45) is 0 Å². The third-order valence-corrected chi connectivity index (χ3v) is 3.41. The fraction of sp³-hybridized carbons (Fsp3) is 0.273. The molecule has 0 bridgehead atoms. The number of carbonyl (C=O) groups is 2. The van der Waals surface area contributed by atoms with Gasteiger partial charge in [0.15, 0.2) is 5.78 Å². The van der Waals surface area contributed by atoms with E-state index in [1.807, 2.05) is 0 Å². The molecule has 0 unspecified atom stereocenters. The smallest absolute Gasteiger partial charge is 0.305 e. The van der Waals surface area contributed by atoms with E-state index in [1.165, 1.54) is 19.2 Å². The molecule has 0 heterocycles. The molecule has 17 heavy (non-hydrogen) atoms. The largest absolute Gasteiger partial charge is 0.469 e. The Morgan fingerprint density at radius 1 is 1.12 bits per heavy atom. The summed E-state index contributed by atoms with van der Waals surface area (Å²) < 4.78 is 4.44. The van der Waals surface area contributed by atoms with Gasteiger partial charge in [0.2, 0.25) is 0 Å². The molecule has 3 nitrogen and oxygen atoms in total. The Hall–Kier alpha value is -0.770. The zero-order chi connectivity index (χ0) is 13.0. The summed E-state index contributed by atoms with van der Waals surface area (Å²) in [6.07, 6.45) is 0.0241. The average Bonchev–Trinajstić information content (AvgIpc) is 2.32. The van der Waals surface area contributed by atoms with Gasteiger partial charge >= 0.3 is 5.97 Å². The number of hydrogen-bond donors (Lipinski definition) is 0. The number of carbonyl (C=O) groups excluding carboxylic acids is 2. The fourth-order valence-corrected chi connectivity index (χ4v) is 1.83. The number of hydrogen-bond acceptors (Lipinski definition) is 3. The lowest BCUT2D eigenvalue weighted by Crippen LogP contribution is -2.06. The van der Waals surface area contributed by atoms with Crippen molar-refractivity contribution >= 4 is 46.6 Å². The fourth-order valence-electron chi connectivity index (χ4n) is 1.19. The van der Waals surface area contributed by atoms with Gasteiger partial charge < -0.3 is 4.74 Å². The molecule has 1 aromatic carbocycles. The van der Waals surface area contributed by atoms with Gasteiger partial charge in [-0.2, -0.15) is 0 Å². The predicted molar refractivity (Wildman–Crippen MR) is 67.1 cm³/mol. The molecule has 1 rings (SSSR count). The van der Waals surface area contributed by atoms with Crippen LogP contribution < -0.4 is 0 Å². The topological polar surface area (TPSA) is 43.4 Å². The summed E-state index contributed by atoms with van der Waals surface area (Å²) >= 11 is 17.4. The Morgan fingerprint density at radius 3 is 2.35 bits per heavy atom. The molecule has 0 fully saturated rings. The van der Waals surface area contributed by atoms with E-state index in [0.717, 1.165) is 0 Å². The quantitative estimate of drug-likeness (QED) is 0.482. The molecule has 1 aromatic rings. The first kappa shape index (κ1) is 14.3. The molecule has 92 valence electrons. The zero-order valence-electron chi connectivity index (χ0n) is 8.93. The van der Waals surface area contributed by atoms with Crippen molar-refractivity contribution in [2.45, 2.75) is 12.8 Å². The lowest BCUT2D eigenvalue weighted by molar-refractivity contribution is -0.140. The van der Waals surface area contributed by atoms with Crippen LogP contribution in [0, 0.1) is 0 Å². The summed E-state index contributed by atoms with van der Waals surface area (Å²) in [5.74, 6) is -0.728. The first-order valence-corrected chi connectivity index (χ1v) is 5.84. The molecule has 0 N–H and O–H groups in total. The van der Waals surface area contributed by atoms with E-state index in [0.29, 0.717) is 0 Å². The maximum absolute atomic E-state index is 11.8. The monoisotopic (exact) mass is 294 g/mol. The van der Waals surface area contributed by atoms with Crippen LogP contribution in [0.4, 0.5) is 0 Å². The minimum atomic E-state index is -0.450. The second-order valence-corrected chi connectivity index (χ2v) is 4.39. The predicted octanol–water partition coefficient (Wildman–Crippen LogP) is 3.78. The third kappa shape index (κ3) is 3.60. The summed E-state index contributed by atoms with van der Waals surface area (Å²) in [4.78, 5) is 22.7. The third-order valence-electron chi connectivity index (χ3n) is 2.12. The minimum Gasteiger partial charge on any atom is -0.469 e. The summed E-state index contributed by atoms with van der Waals surface area (Å²) in [5.41, 5.74) is 0.255. The van der Waals surface area contributed by atoms with Crippen molar-refractivity contribution in [1.29, 1.82) is 0 Å². The van der Waals surface area contributed by atoms with Crippen LogP contribution >= 0.6 is 34.8 Å². The van der Waals surface area contributed by atoms with Gasteiger partial charge in [-0.05, 0) is 12.1 Å². The number of halogens is 3. The first-order chi connectivity index (χ1) is 7.97. The molecule has 0 atom stereocenters. The molecular weight excluding hydrogens is 286 g/mol. The molecule has 0 radical (unpaired) electrons. The Kier molecular flexibility index (Phi) is 5.25. The number of methoxy groups -OCH3 is 1. The van der Waals surface area contributed by atoms with E-state index in [4.69, 9.17) is 34.8 Å². The van der Waals surface area contributed by atoms with Gasteiger partial charge in [-0.3, -0.25) is 9.59 Å². The van der Waals surface area contributed by atoms with Crippen molar-refractivity contribution in [3.05, 3.63) is 32.8 Å². The second kappa shape index (κ2) is 6.24. The molecule has 0 aliphatic rings. The molecule has 0 aliphatic carbocycles. The van der Waals surface area contributed by atoms with Crippen LogP contribution in [-0.4, -0.2) is 18.9 Å². The molecule has 0 saturated carbocycles. The molecule has 0 aromatic heterocycles. The number of ketones is 1. The summed E-state index contributed by atoms with van der Waals surface area (Å²) in [6.45, 7) is 0. The lowest BCUT2D eigenvalue weighted by atomic mass is 10.1. The highest BCUT2D eigenvalue weighted by Crippen LogP contribution is 2.33. The highest BCUT2D eigenvalue weighted by molar-refractivity contribution is 6.49. The molecule has 6 heteroatoms. The van der Waals surface area contributed by atoms with E-state index < -0.39 is 5.97 Å². The molecule has 0 amide bonds. The molecule has 0 aliphatic heterocycles. The second-order valence-electron chi connectivity index (χ2n) is 3.22. The summed E-state index contributed by atoms with van der Waals surface area (Å²) in [6, 6.07) is 2.97. The van der Waals surface area contributed by atoms with E-state index in [9.17, 15) is 9.59 Å². The van der Waals surface area contributed by atoms with E-state index >= 15 is 0 Å². The van der Waals surface area contributed by atoms with Gasteiger partial charge in [0.1, 0.15) is 0 Å². The van der Waals surface area contributed by atoms with Gasteiger partial charge in [0, 0.05) is 12.0 Å². The number of rotatable bonds is 4. The molecular formula is C11H9Cl3O3. The Labute approximate surface area is 114 Å². The van der Waals surface area contributed by atoms with Gasteiger partial charge in [0.05, 0.1) is 28.6 Å². The normalized spacial score (nSPS) is 10.1. The maximum Gasteiger partial charge on any atom is 0.305 e. The van der Waals surface area contributed by atoms with Gasteiger partial charge in [-0.25, -0.2) is 0 Å². The minimum absolute atomic E-state index is 0.00586. The summed E-state index contributed by atoms with van der Waals surface area (Å²) in [7, 11) is 1.26. The zero-order valence-corrected chi connectivity index (χ0v) is 11.2. The Bertz CT molecular complexity index is 458. The highest BCUT2D eigenvalue weighted by atomic mass is 35.5. The van der Waals surface area contributed by atoms with Gasteiger partial charge in [-0.1, -0.05) is 34.8 Å². The van der Waals surface area contributed by atoms with Crippen molar-refractivity contribution in [3.63, 3.8) is 0 Å². The van der Waals surface area contributed by atoms with Gasteiger partial charge in [-0.15, -0.1) is 0 Å². The summed E-state index contributed by atoms with van der Waals surface area (Å²) in [5, 5.41) is 0.521. The Balaban J connectivity index is 2.83. The van der Waals surface area contributed by atoms with Crippen LogP contribution in [0.3, 0.4) is 0 Å². The van der Waals surface area contributed by atoms with Crippen LogP contribution in [0.2, 0.25) is 15.1 Å². The Morgan fingerprint density at radius 2 is 1.76 bits per heavy atom. The number of benzene rings is 1. The number of Topliss-reactive ketones (excluding diaryl/α,β-unsaturated/α-hetero) is 1. The molecule has 0 spiro atoms. The van der Waals surface area contributed by atoms with Crippen LogP contribution in [-0.2, 0) is 9.53 Å². The van der Waals surface area contributed by atoms with Crippen molar-refractivity contribution in [2.75, 3.05) is 7.11 Å². The van der Waals surface area contributed by atoms with E-state index in [2.05, 4.69) is 4.74 Å². The SMILES string of the molecule is COC(=O)CCC(=O)c1ccc(Cl)c(Cl)c1Cl. The first-order valence-electron chi connectivity index (χ1n) is 4.71. The van der Waals surface area contributed by atoms with Crippen LogP contribution in [0.25, 0.3) is 0 Å². The maximum atomic E-state index is 11.8. The van der Waals surface area contributed by atoms with Crippen LogP contribution in [0.1, 0.15) is 23.2 Å².